The molecule has 3 aromatic rings. The molecule has 1 aromatic heterocycles. The Labute approximate surface area is 179 Å². The SMILES string of the molecule is Cc1cc(NS(=O)(=O)c2ccc(NC(=O)[C@@H](C)Oc3ccc(F)cc3)cc2)nc(C)n1. The van der Waals surface area contributed by atoms with Crippen LogP contribution in [0.3, 0.4) is 0 Å². The van der Waals surface area contributed by atoms with Gasteiger partial charge in [-0.25, -0.2) is 22.8 Å². The van der Waals surface area contributed by atoms with E-state index in [0.717, 1.165) is 0 Å². The number of rotatable bonds is 7. The Balaban J connectivity index is 1.64. The maximum atomic E-state index is 13.0. The number of carbonyl (C=O) groups is 1. The minimum Gasteiger partial charge on any atom is -0.481 e. The lowest BCUT2D eigenvalue weighted by atomic mass is 10.3. The van der Waals surface area contributed by atoms with Crippen molar-refractivity contribution in [2.45, 2.75) is 31.8 Å². The number of halogens is 1. The van der Waals surface area contributed by atoms with E-state index in [9.17, 15) is 17.6 Å². The molecule has 0 unspecified atom stereocenters. The Hall–Kier alpha value is -3.53. The topological polar surface area (TPSA) is 110 Å². The van der Waals surface area contributed by atoms with Crippen LogP contribution in [0.1, 0.15) is 18.4 Å². The molecular formula is C21H21FN4O4S. The van der Waals surface area contributed by atoms with Crippen molar-refractivity contribution in [3.8, 4) is 5.75 Å². The van der Waals surface area contributed by atoms with Crippen molar-refractivity contribution in [2.75, 3.05) is 10.0 Å². The molecule has 2 aromatic carbocycles. The molecule has 10 heteroatoms. The maximum Gasteiger partial charge on any atom is 0.265 e. The van der Waals surface area contributed by atoms with Gasteiger partial charge in [0.15, 0.2) is 6.10 Å². The van der Waals surface area contributed by atoms with Crippen molar-refractivity contribution in [1.82, 2.24) is 9.97 Å². The number of anilines is 2. The summed E-state index contributed by atoms with van der Waals surface area (Å²) in [6.07, 6.45) is -0.847. The third-order valence-electron chi connectivity index (χ3n) is 4.13. The summed E-state index contributed by atoms with van der Waals surface area (Å²) < 4.78 is 46.0. The van der Waals surface area contributed by atoms with Gasteiger partial charge in [0, 0.05) is 17.4 Å². The summed E-state index contributed by atoms with van der Waals surface area (Å²) in [6, 6.07) is 12.5. The van der Waals surface area contributed by atoms with Crippen LogP contribution in [0, 0.1) is 19.7 Å². The fourth-order valence-corrected chi connectivity index (χ4v) is 3.69. The van der Waals surface area contributed by atoms with Crippen LogP contribution in [0.4, 0.5) is 15.9 Å². The molecule has 0 spiro atoms. The van der Waals surface area contributed by atoms with E-state index in [4.69, 9.17) is 4.74 Å². The third kappa shape index (κ3) is 5.98. The number of hydrogen-bond donors (Lipinski definition) is 2. The summed E-state index contributed by atoms with van der Waals surface area (Å²) in [4.78, 5) is 20.5. The van der Waals surface area contributed by atoms with Gasteiger partial charge in [-0.15, -0.1) is 0 Å². The van der Waals surface area contributed by atoms with Crippen LogP contribution in [0.2, 0.25) is 0 Å². The lowest BCUT2D eigenvalue weighted by molar-refractivity contribution is -0.122. The van der Waals surface area contributed by atoms with Crippen LogP contribution in [-0.4, -0.2) is 30.4 Å². The van der Waals surface area contributed by atoms with Gasteiger partial charge in [-0.05, 0) is 69.3 Å². The fraction of sp³-hybridized carbons (Fsp3) is 0.190. The van der Waals surface area contributed by atoms with Crippen molar-refractivity contribution in [1.29, 1.82) is 0 Å². The molecule has 0 aliphatic rings. The molecule has 0 aliphatic carbocycles. The molecular weight excluding hydrogens is 423 g/mol. The van der Waals surface area contributed by atoms with E-state index in [2.05, 4.69) is 20.0 Å². The van der Waals surface area contributed by atoms with E-state index >= 15 is 0 Å². The standard InChI is InChI=1S/C21H21FN4O4S/c1-13-12-20(24-15(3)23-13)26-31(28,29)19-10-6-17(7-11-19)25-21(27)14(2)30-18-8-4-16(22)5-9-18/h4-12,14H,1-3H3,(H,25,27)(H,23,24,26)/t14-/m1/s1. The quantitative estimate of drug-likeness (QED) is 0.578. The minimum atomic E-state index is -3.86. The number of ether oxygens (including phenoxy) is 1. The molecule has 0 bridgehead atoms. The lowest BCUT2D eigenvalue weighted by Crippen LogP contribution is -2.30. The van der Waals surface area contributed by atoms with Gasteiger partial charge in [-0.2, -0.15) is 0 Å². The largest absolute Gasteiger partial charge is 0.481 e. The second-order valence-corrected chi connectivity index (χ2v) is 8.46. The van der Waals surface area contributed by atoms with Crippen LogP contribution in [-0.2, 0) is 14.8 Å². The minimum absolute atomic E-state index is 0.00929. The van der Waals surface area contributed by atoms with Crippen molar-refractivity contribution in [3.05, 3.63) is 71.9 Å². The molecule has 0 aliphatic heterocycles. The van der Waals surface area contributed by atoms with Crippen LogP contribution in [0.15, 0.2) is 59.5 Å². The second-order valence-electron chi connectivity index (χ2n) is 6.77. The first-order chi connectivity index (χ1) is 14.6. The first-order valence-electron chi connectivity index (χ1n) is 9.31. The molecule has 0 radical (unpaired) electrons. The normalized spacial score (nSPS) is 12.1. The molecule has 1 amide bonds. The number of carbonyl (C=O) groups excluding carboxylic acids is 1. The average Bonchev–Trinajstić information content (AvgIpc) is 2.69. The van der Waals surface area contributed by atoms with E-state index < -0.39 is 27.9 Å². The van der Waals surface area contributed by atoms with Gasteiger partial charge >= 0.3 is 0 Å². The molecule has 0 saturated carbocycles. The Morgan fingerprint density at radius 2 is 1.68 bits per heavy atom. The summed E-state index contributed by atoms with van der Waals surface area (Å²) in [7, 11) is -3.86. The van der Waals surface area contributed by atoms with Gasteiger partial charge in [-0.3, -0.25) is 9.52 Å². The van der Waals surface area contributed by atoms with Gasteiger partial charge in [-0.1, -0.05) is 0 Å². The lowest BCUT2D eigenvalue weighted by Gasteiger charge is -2.15. The molecule has 3 rings (SSSR count). The summed E-state index contributed by atoms with van der Waals surface area (Å²) in [5.74, 6) is 0.137. The van der Waals surface area contributed by atoms with Gasteiger partial charge in [0.1, 0.15) is 23.2 Å². The molecule has 2 N–H and O–H groups in total. The molecule has 8 nitrogen and oxygen atoms in total. The molecule has 0 fully saturated rings. The number of nitrogens with zero attached hydrogens (tertiary/aromatic N) is 2. The number of aromatic nitrogens is 2. The highest BCUT2D eigenvalue weighted by atomic mass is 32.2. The molecule has 1 heterocycles. The third-order valence-corrected chi connectivity index (χ3v) is 5.50. The van der Waals surface area contributed by atoms with Gasteiger partial charge in [0.2, 0.25) is 0 Å². The average molecular weight is 444 g/mol. The molecule has 162 valence electrons. The summed E-state index contributed by atoms with van der Waals surface area (Å²) in [6.45, 7) is 4.96. The monoisotopic (exact) mass is 444 g/mol. The zero-order chi connectivity index (χ0) is 22.6. The Morgan fingerprint density at radius 1 is 1.03 bits per heavy atom. The van der Waals surface area contributed by atoms with Crippen molar-refractivity contribution in [3.63, 3.8) is 0 Å². The van der Waals surface area contributed by atoms with E-state index in [-0.39, 0.29) is 10.7 Å². The Morgan fingerprint density at radius 3 is 2.29 bits per heavy atom. The first-order valence-corrected chi connectivity index (χ1v) is 10.8. The molecule has 1 atom stereocenters. The number of benzene rings is 2. The molecule has 31 heavy (non-hydrogen) atoms. The summed E-state index contributed by atoms with van der Waals surface area (Å²) in [5, 5.41) is 2.64. The zero-order valence-electron chi connectivity index (χ0n) is 17.1. The Bertz CT molecular complexity index is 1160. The number of nitrogens with one attached hydrogen (secondary N) is 2. The highest BCUT2D eigenvalue weighted by molar-refractivity contribution is 7.92. The number of hydrogen-bond acceptors (Lipinski definition) is 6. The number of sulfonamides is 1. The second kappa shape index (κ2) is 9.09. The predicted molar refractivity (Wildman–Crippen MR) is 114 cm³/mol. The number of aryl methyl sites for hydroxylation is 2. The maximum absolute atomic E-state index is 13.0. The fourth-order valence-electron chi connectivity index (χ4n) is 2.70. The smallest absolute Gasteiger partial charge is 0.265 e. The van der Waals surface area contributed by atoms with E-state index in [0.29, 0.717) is 23.0 Å². The van der Waals surface area contributed by atoms with Crippen LogP contribution >= 0.6 is 0 Å². The Kier molecular flexibility index (Phi) is 6.50. The van der Waals surface area contributed by atoms with Crippen molar-refractivity contribution >= 4 is 27.4 Å². The van der Waals surface area contributed by atoms with Gasteiger partial charge in [0.05, 0.1) is 4.90 Å². The van der Waals surface area contributed by atoms with Crippen molar-refractivity contribution in [2.24, 2.45) is 0 Å². The molecule has 0 saturated heterocycles. The van der Waals surface area contributed by atoms with E-state index in [1.54, 1.807) is 20.8 Å². The summed E-state index contributed by atoms with van der Waals surface area (Å²) in [5.41, 5.74) is 1.03. The highest BCUT2D eigenvalue weighted by Crippen LogP contribution is 2.19. The number of amides is 1. The van der Waals surface area contributed by atoms with Gasteiger partial charge < -0.3 is 10.1 Å². The van der Waals surface area contributed by atoms with E-state index in [1.807, 2.05) is 0 Å². The van der Waals surface area contributed by atoms with Crippen molar-refractivity contribution < 1.29 is 22.3 Å². The van der Waals surface area contributed by atoms with Crippen LogP contribution in [0.5, 0.6) is 5.75 Å². The highest BCUT2D eigenvalue weighted by Gasteiger charge is 2.18. The first kappa shape index (κ1) is 22.2. The van der Waals surface area contributed by atoms with Crippen LogP contribution < -0.4 is 14.8 Å². The van der Waals surface area contributed by atoms with Gasteiger partial charge in [0.25, 0.3) is 15.9 Å². The summed E-state index contributed by atoms with van der Waals surface area (Å²) >= 11 is 0. The predicted octanol–water partition coefficient (Wildman–Crippen LogP) is 3.44. The zero-order valence-corrected chi connectivity index (χ0v) is 17.9. The van der Waals surface area contributed by atoms with E-state index in [1.165, 1.54) is 54.6 Å². The van der Waals surface area contributed by atoms with Crippen LogP contribution in [0.25, 0.3) is 0 Å².